The maximum Gasteiger partial charge on any atom is 0.118 e. The maximum absolute atomic E-state index is 6.23. The van der Waals surface area contributed by atoms with Crippen LogP contribution in [0.5, 0.6) is 5.75 Å². The van der Waals surface area contributed by atoms with Crippen molar-refractivity contribution in [1.82, 2.24) is 0 Å². The molecule has 0 fully saturated rings. The summed E-state index contributed by atoms with van der Waals surface area (Å²) in [5.41, 5.74) is 1.25. The van der Waals surface area contributed by atoms with E-state index in [4.69, 9.17) is 12.3 Å². The van der Waals surface area contributed by atoms with Crippen LogP contribution < -0.4 is 10.0 Å². The molecule has 0 bridgehead atoms. The molecule has 0 aliphatic carbocycles. The minimum absolute atomic E-state index is 0.607. The van der Waals surface area contributed by atoms with Crippen molar-refractivity contribution in [2.75, 3.05) is 7.11 Å². The van der Waals surface area contributed by atoms with E-state index in [9.17, 15) is 0 Å². The number of benzene rings is 2. The van der Waals surface area contributed by atoms with Crippen LogP contribution in [0.3, 0.4) is 0 Å². The number of hydrogen-bond donors (Lipinski definition) is 0. The fourth-order valence-corrected chi connectivity index (χ4v) is 2.98. The highest BCUT2D eigenvalue weighted by molar-refractivity contribution is 7.87. The molecule has 0 aromatic heterocycles. The second-order valence-corrected chi connectivity index (χ2v) is 5.58. The molecule has 0 heterocycles. The normalized spacial score (nSPS) is 12.1. The van der Waals surface area contributed by atoms with Gasteiger partial charge in [-0.25, -0.2) is 0 Å². The highest BCUT2D eigenvalue weighted by atomic mass is 31.1. The summed E-state index contributed by atoms with van der Waals surface area (Å²) in [6, 6.07) is 18.4. The third kappa shape index (κ3) is 3.34. The zero-order valence-electron chi connectivity index (χ0n) is 9.84. The van der Waals surface area contributed by atoms with Crippen molar-refractivity contribution in [3.8, 4) is 5.75 Å². The summed E-state index contributed by atoms with van der Waals surface area (Å²) in [5, 5.41) is 1.23. The quantitative estimate of drug-likeness (QED) is 0.589. The van der Waals surface area contributed by atoms with Crippen LogP contribution in [0.25, 0.3) is 0 Å². The average Bonchev–Trinajstić information content (AvgIpc) is 2.40. The molecule has 2 rings (SSSR count). The molecule has 3 heteroatoms. The second-order valence-electron chi connectivity index (χ2n) is 3.81. The predicted molar refractivity (Wildman–Crippen MR) is 75.4 cm³/mol. The van der Waals surface area contributed by atoms with Crippen molar-refractivity contribution in [3.63, 3.8) is 0 Å². The maximum atomic E-state index is 6.23. The molecule has 0 saturated heterocycles. The van der Waals surface area contributed by atoms with Gasteiger partial charge in [0.15, 0.2) is 0 Å². The topological polar surface area (TPSA) is 9.23 Å². The van der Waals surface area contributed by atoms with E-state index in [0.717, 1.165) is 11.9 Å². The molecule has 2 radical (unpaired) electrons. The van der Waals surface area contributed by atoms with E-state index in [1.807, 2.05) is 30.3 Å². The Labute approximate surface area is 105 Å². The first kappa shape index (κ1) is 12.2. The number of rotatable bonds is 4. The summed E-state index contributed by atoms with van der Waals surface area (Å²) in [4.78, 5) is 0. The molecular weight excluding hydrogens is 226 g/mol. The third-order valence-electron chi connectivity index (χ3n) is 2.60. The van der Waals surface area contributed by atoms with Gasteiger partial charge in [-0.2, -0.15) is 0 Å². The van der Waals surface area contributed by atoms with Crippen molar-refractivity contribution in [2.24, 2.45) is 0 Å². The summed E-state index contributed by atoms with van der Waals surface area (Å²) in [7, 11) is 7.30. The van der Waals surface area contributed by atoms with Gasteiger partial charge < -0.3 is 4.74 Å². The van der Waals surface area contributed by atoms with E-state index in [1.165, 1.54) is 10.9 Å². The monoisotopic (exact) mass is 240 g/mol. The lowest BCUT2D eigenvalue weighted by Gasteiger charge is -2.13. The Kier molecular flexibility index (Phi) is 4.22. The lowest BCUT2D eigenvalue weighted by Crippen LogP contribution is -2.01. The second kappa shape index (κ2) is 5.88. The van der Waals surface area contributed by atoms with E-state index in [0.29, 0.717) is 0 Å². The summed E-state index contributed by atoms with van der Waals surface area (Å²) in [6.07, 6.45) is 0.906. The van der Waals surface area contributed by atoms with Crippen molar-refractivity contribution in [1.29, 1.82) is 0 Å². The molecule has 84 valence electrons. The number of ether oxygens (including phenoxy) is 1. The Hall–Kier alpha value is -1.27. The highest BCUT2D eigenvalue weighted by Crippen LogP contribution is 2.33. The molecule has 1 nitrogen and oxygen atoms in total. The van der Waals surface area contributed by atoms with E-state index < -0.39 is 7.80 Å². The standard InChI is InChI=1S/C14H14BOP/c1-16-13-9-7-12(8-10-13)11-17(15)14-5-3-2-4-6-14/h2-10H,11H2,1H3. The molecule has 2 aromatic rings. The number of methoxy groups -OCH3 is 1. The van der Waals surface area contributed by atoms with Gasteiger partial charge in [-0.05, 0) is 29.2 Å². The zero-order chi connectivity index (χ0) is 12.1. The zero-order valence-corrected chi connectivity index (χ0v) is 10.7. The minimum atomic E-state index is -0.607. The van der Waals surface area contributed by atoms with Gasteiger partial charge in [0, 0.05) is 0 Å². The Morgan fingerprint density at radius 2 is 1.65 bits per heavy atom. The van der Waals surface area contributed by atoms with Gasteiger partial charge in [-0.15, -0.1) is 7.80 Å². The largest absolute Gasteiger partial charge is 0.497 e. The molecule has 2 aromatic carbocycles. The smallest absolute Gasteiger partial charge is 0.118 e. The van der Waals surface area contributed by atoms with Crippen LogP contribution in [-0.2, 0) is 6.16 Å². The van der Waals surface area contributed by atoms with Gasteiger partial charge in [0.2, 0.25) is 0 Å². The van der Waals surface area contributed by atoms with Crippen LogP contribution in [0.1, 0.15) is 5.56 Å². The van der Waals surface area contributed by atoms with Crippen LogP contribution in [0.2, 0.25) is 0 Å². The number of hydrogen-bond acceptors (Lipinski definition) is 1. The molecule has 0 saturated carbocycles. The SMILES string of the molecule is [B]P(Cc1ccc(OC)cc1)c1ccccc1. The molecule has 0 aliphatic heterocycles. The Balaban J connectivity index is 2.05. The van der Waals surface area contributed by atoms with E-state index in [-0.39, 0.29) is 0 Å². The van der Waals surface area contributed by atoms with Crippen LogP contribution in [-0.4, -0.2) is 14.7 Å². The first-order valence-electron chi connectivity index (χ1n) is 5.50. The van der Waals surface area contributed by atoms with Gasteiger partial charge in [-0.3, -0.25) is 0 Å². The van der Waals surface area contributed by atoms with Gasteiger partial charge in [0.1, 0.15) is 13.3 Å². The van der Waals surface area contributed by atoms with Crippen LogP contribution in [0, 0.1) is 0 Å². The van der Waals surface area contributed by atoms with E-state index >= 15 is 0 Å². The average molecular weight is 240 g/mol. The predicted octanol–water partition coefficient (Wildman–Crippen LogP) is 3.09. The summed E-state index contributed by atoms with van der Waals surface area (Å²) in [5.74, 6) is 0.884. The molecule has 17 heavy (non-hydrogen) atoms. The van der Waals surface area contributed by atoms with Gasteiger partial charge in [0.25, 0.3) is 0 Å². The summed E-state index contributed by atoms with van der Waals surface area (Å²) < 4.78 is 5.13. The van der Waals surface area contributed by atoms with E-state index in [2.05, 4.69) is 24.3 Å². The molecule has 0 N–H and O–H groups in total. The first-order valence-corrected chi connectivity index (χ1v) is 7.09. The van der Waals surface area contributed by atoms with Crippen LogP contribution >= 0.6 is 7.80 Å². The molecule has 0 aliphatic rings. The third-order valence-corrected chi connectivity index (χ3v) is 4.27. The lowest BCUT2D eigenvalue weighted by molar-refractivity contribution is 0.414. The Morgan fingerprint density at radius 3 is 2.24 bits per heavy atom. The molecular formula is C14H14BOP. The van der Waals surface area contributed by atoms with Crippen molar-refractivity contribution in [2.45, 2.75) is 6.16 Å². The van der Waals surface area contributed by atoms with Gasteiger partial charge >= 0.3 is 0 Å². The molecule has 0 spiro atoms. The van der Waals surface area contributed by atoms with E-state index in [1.54, 1.807) is 7.11 Å². The molecule has 1 atom stereocenters. The lowest BCUT2D eigenvalue weighted by atomic mass is 10.2. The summed E-state index contributed by atoms with van der Waals surface area (Å²) in [6.45, 7) is 0. The van der Waals surface area contributed by atoms with Crippen molar-refractivity contribution < 1.29 is 4.74 Å². The fraction of sp³-hybridized carbons (Fsp3) is 0.143. The molecule has 1 unspecified atom stereocenters. The van der Waals surface area contributed by atoms with Crippen molar-refractivity contribution in [3.05, 3.63) is 60.2 Å². The molecule has 0 amide bonds. The minimum Gasteiger partial charge on any atom is -0.497 e. The van der Waals surface area contributed by atoms with Crippen LogP contribution in [0.15, 0.2) is 54.6 Å². The first-order chi connectivity index (χ1) is 8.29. The Bertz CT molecular complexity index is 455. The highest BCUT2D eigenvalue weighted by Gasteiger charge is 2.04. The van der Waals surface area contributed by atoms with Gasteiger partial charge in [0.05, 0.1) is 7.11 Å². The van der Waals surface area contributed by atoms with Crippen molar-refractivity contribution >= 4 is 20.7 Å². The fourth-order valence-electron chi connectivity index (χ4n) is 1.64. The Morgan fingerprint density at radius 1 is 1.00 bits per heavy atom. The van der Waals surface area contributed by atoms with Gasteiger partial charge in [-0.1, -0.05) is 42.5 Å². The summed E-state index contributed by atoms with van der Waals surface area (Å²) >= 11 is 0. The van der Waals surface area contributed by atoms with Crippen LogP contribution in [0.4, 0.5) is 0 Å².